The Hall–Kier alpha value is -1.21. The van der Waals surface area contributed by atoms with E-state index in [1.165, 1.54) is 225 Å². The third-order valence-corrected chi connectivity index (χ3v) is 18.7. The van der Waals surface area contributed by atoms with Crippen LogP contribution in [0.15, 0.2) is 0 Å². The Labute approximate surface area is 532 Å². The molecule has 522 valence electrons. The van der Waals surface area contributed by atoms with Crippen LogP contribution in [0.5, 0.6) is 0 Å². The summed E-state index contributed by atoms with van der Waals surface area (Å²) in [7, 11) is 0. The maximum atomic E-state index is 13.4. The van der Waals surface area contributed by atoms with E-state index in [-0.39, 0.29) is 18.9 Å². The van der Waals surface area contributed by atoms with Crippen molar-refractivity contribution >= 4 is 5.91 Å². The minimum Gasteiger partial charge on any atom is -0.394 e. The Morgan fingerprint density at radius 3 is 0.989 bits per heavy atom. The molecule has 0 aromatic carbocycles. The molecule has 0 bridgehead atoms. The molecule has 3 aliphatic rings. The molecule has 0 aliphatic carbocycles. The molecule has 1 amide bonds. The smallest absolute Gasteiger partial charge is 0.220 e. The molecular formula is C69H133NO18. The summed E-state index contributed by atoms with van der Waals surface area (Å²) in [5.74, 6) is -0.238. The first kappa shape index (κ1) is 81.0. The van der Waals surface area contributed by atoms with Gasteiger partial charge >= 0.3 is 0 Å². The minimum absolute atomic E-state index is 0.238. The number of hydrogen-bond acceptors (Lipinski definition) is 18. The predicted molar refractivity (Wildman–Crippen MR) is 342 cm³/mol. The van der Waals surface area contributed by atoms with Gasteiger partial charge in [-0.1, -0.05) is 284 Å². The van der Waals surface area contributed by atoms with E-state index in [2.05, 4.69) is 19.2 Å². The van der Waals surface area contributed by atoms with Gasteiger partial charge in [-0.2, -0.15) is 0 Å². The van der Waals surface area contributed by atoms with E-state index >= 15 is 0 Å². The van der Waals surface area contributed by atoms with Crippen LogP contribution in [0.3, 0.4) is 0 Å². The molecule has 12 N–H and O–H groups in total. The first-order valence-corrected chi connectivity index (χ1v) is 36.3. The Morgan fingerprint density at radius 2 is 0.648 bits per heavy atom. The van der Waals surface area contributed by atoms with Crippen LogP contribution < -0.4 is 5.32 Å². The van der Waals surface area contributed by atoms with E-state index < -0.39 is 124 Å². The van der Waals surface area contributed by atoms with Crippen LogP contribution in [0.4, 0.5) is 0 Å². The second kappa shape index (κ2) is 52.1. The zero-order valence-corrected chi connectivity index (χ0v) is 55.2. The van der Waals surface area contributed by atoms with Gasteiger partial charge in [0.05, 0.1) is 38.6 Å². The lowest BCUT2D eigenvalue weighted by atomic mass is 9.96. The zero-order valence-electron chi connectivity index (χ0n) is 55.2. The highest BCUT2D eigenvalue weighted by Crippen LogP contribution is 2.33. The number of rotatable bonds is 57. The van der Waals surface area contributed by atoms with Crippen LogP contribution in [0, 0.1) is 0 Å². The number of unbranched alkanes of at least 4 members (excludes halogenated alkanes) is 41. The summed E-state index contributed by atoms with van der Waals surface area (Å²) in [6.45, 7) is 1.83. The van der Waals surface area contributed by atoms with E-state index in [1.807, 2.05) is 0 Å². The number of carbonyl (C=O) groups is 1. The van der Waals surface area contributed by atoms with Crippen molar-refractivity contribution in [3.05, 3.63) is 0 Å². The maximum absolute atomic E-state index is 13.4. The summed E-state index contributed by atoms with van der Waals surface area (Å²) in [5, 5.41) is 121. The predicted octanol–water partition coefficient (Wildman–Crippen LogP) is 9.89. The van der Waals surface area contributed by atoms with Crippen LogP contribution in [0.25, 0.3) is 0 Å². The summed E-state index contributed by atoms with van der Waals surface area (Å²) >= 11 is 0. The number of aliphatic hydroxyl groups is 11. The molecule has 88 heavy (non-hydrogen) atoms. The average molecular weight is 1260 g/mol. The van der Waals surface area contributed by atoms with E-state index in [4.69, 9.17) is 28.4 Å². The lowest BCUT2D eigenvalue weighted by Gasteiger charge is -2.48. The van der Waals surface area contributed by atoms with Gasteiger partial charge in [0, 0.05) is 6.42 Å². The highest BCUT2D eigenvalue weighted by molar-refractivity contribution is 5.76. The molecule has 17 atom stereocenters. The summed E-state index contributed by atoms with van der Waals surface area (Å²) in [5.41, 5.74) is 0. The zero-order chi connectivity index (χ0) is 64.0. The van der Waals surface area contributed by atoms with Crippen molar-refractivity contribution in [3.63, 3.8) is 0 Å². The van der Waals surface area contributed by atoms with E-state index in [9.17, 15) is 61.0 Å². The second-order valence-electron chi connectivity index (χ2n) is 26.4. The SMILES string of the molecule is CCCCCCCCCCCCCCCCCCCCCCCCCCCCCCCCCC(O)C(COC1OC(CO)C(OC2OC(CO)C(OC3OC(CO)C(O)C(O)C3O)C(O)C2O)C(O)C1O)NC(=O)CCCCCCCCCCCCCC. The summed E-state index contributed by atoms with van der Waals surface area (Å²) < 4.78 is 34.4. The molecule has 3 aliphatic heterocycles. The van der Waals surface area contributed by atoms with Crippen molar-refractivity contribution in [1.29, 1.82) is 0 Å². The Morgan fingerprint density at radius 1 is 0.364 bits per heavy atom. The maximum Gasteiger partial charge on any atom is 0.220 e. The van der Waals surface area contributed by atoms with Gasteiger partial charge in [0.15, 0.2) is 18.9 Å². The average Bonchev–Trinajstić information content (AvgIpc) is 1.99. The lowest BCUT2D eigenvalue weighted by Crippen LogP contribution is -2.66. The lowest BCUT2D eigenvalue weighted by molar-refractivity contribution is -0.379. The monoisotopic (exact) mass is 1260 g/mol. The molecule has 0 radical (unpaired) electrons. The number of nitrogens with one attached hydrogen (secondary N) is 1. The molecule has 17 unspecified atom stereocenters. The van der Waals surface area contributed by atoms with Crippen LogP contribution in [0.2, 0.25) is 0 Å². The largest absolute Gasteiger partial charge is 0.394 e. The highest BCUT2D eigenvalue weighted by Gasteiger charge is 2.53. The standard InChI is InChI=1S/C69H133NO18/c1-3-5-7-9-11-13-15-17-18-19-20-21-22-23-24-25-26-27-28-29-30-31-32-33-34-35-36-38-40-42-44-46-53(74)52(70-57(75)47-45-43-41-39-37-16-14-12-10-8-6-4-2)51-83-67-63(81)60(78)65(55(49-72)85-67)88-69-64(82)61(79)66(56(50-73)86-69)87-68-62(80)59(77)58(76)54(48-71)84-68/h52-56,58-69,71-74,76-82H,3-51H2,1-2H3,(H,70,75). The van der Waals surface area contributed by atoms with Crippen LogP contribution >= 0.6 is 0 Å². The first-order valence-electron chi connectivity index (χ1n) is 36.3. The minimum atomic E-state index is -1.97. The van der Waals surface area contributed by atoms with Crippen molar-refractivity contribution in [2.24, 2.45) is 0 Å². The molecule has 19 heteroatoms. The molecular weight excluding hydrogens is 1130 g/mol. The van der Waals surface area contributed by atoms with Crippen molar-refractivity contribution in [3.8, 4) is 0 Å². The van der Waals surface area contributed by atoms with Gasteiger partial charge < -0.3 is 89.9 Å². The summed E-state index contributed by atoms with van der Waals surface area (Å²) in [6, 6.07) is -0.881. The quantitative estimate of drug-likeness (QED) is 0.0252. The normalized spacial score (nSPS) is 28.3. The fraction of sp³-hybridized carbons (Fsp3) is 0.986. The number of carbonyl (C=O) groups excluding carboxylic acids is 1. The first-order chi connectivity index (χ1) is 42.8. The number of ether oxygens (including phenoxy) is 6. The highest BCUT2D eigenvalue weighted by atomic mass is 16.8. The molecule has 3 rings (SSSR count). The Bertz CT molecular complexity index is 1600. The third-order valence-electron chi connectivity index (χ3n) is 18.7. The summed E-state index contributed by atoms with van der Waals surface area (Å²) in [4.78, 5) is 13.4. The Balaban J connectivity index is 1.35. The van der Waals surface area contributed by atoms with Crippen molar-refractivity contribution in [2.45, 2.75) is 407 Å². The van der Waals surface area contributed by atoms with Gasteiger partial charge in [-0.25, -0.2) is 0 Å². The van der Waals surface area contributed by atoms with E-state index in [1.54, 1.807) is 0 Å². The fourth-order valence-corrected chi connectivity index (χ4v) is 12.8. The molecule has 0 spiro atoms. The van der Waals surface area contributed by atoms with Crippen LogP contribution in [-0.4, -0.2) is 193 Å². The van der Waals surface area contributed by atoms with Gasteiger partial charge in [0.25, 0.3) is 0 Å². The van der Waals surface area contributed by atoms with Crippen molar-refractivity contribution in [2.75, 3.05) is 26.4 Å². The van der Waals surface area contributed by atoms with Gasteiger partial charge in [-0.15, -0.1) is 0 Å². The third kappa shape index (κ3) is 33.8. The van der Waals surface area contributed by atoms with Gasteiger partial charge in [0.1, 0.15) is 73.2 Å². The van der Waals surface area contributed by atoms with Gasteiger partial charge in [-0.3, -0.25) is 4.79 Å². The second-order valence-corrected chi connectivity index (χ2v) is 26.4. The molecule has 3 heterocycles. The summed E-state index contributed by atoms with van der Waals surface area (Å²) in [6.07, 6.45) is 29.3. The van der Waals surface area contributed by atoms with E-state index in [0.29, 0.717) is 12.8 Å². The van der Waals surface area contributed by atoms with Crippen LogP contribution in [-0.2, 0) is 33.2 Å². The Kier molecular flexibility index (Phi) is 48.0. The number of amides is 1. The molecule has 3 fully saturated rings. The topological polar surface area (TPSA) is 307 Å². The van der Waals surface area contributed by atoms with Crippen LogP contribution in [0.1, 0.15) is 303 Å². The van der Waals surface area contributed by atoms with E-state index in [0.717, 1.165) is 44.9 Å². The number of hydrogen-bond donors (Lipinski definition) is 12. The molecule has 3 saturated heterocycles. The van der Waals surface area contributed by atoms with Crippen molar-refractivity contribution < 1.29 is 89.4 Å². The number of aliphatic hydroxyl groups excluding tert-OH is 11. The fourth-order valence-electron chi connectivity index (χ4n) is 12.8. The van der Waals surface area contributed by atoms with Crippen molar-refractivity contribution in [1.82, 2.24) is 5.32 Å². The van der Waals surface area contributed by atoms with Gasteiger partial charge in [0.2, 0.25) is 5.91 Å². The molecule has 0 aromatic heterocycles. The molecule has 0 saturated carbocycles. The van der Waals surface area contributed by atoms with Gasteiger partial charge in [-0.05, 0) is 12.8 Å². The molecule has 19 nitrogen and oxygen atoms in total. The molecule has 0 aromatic rings.